The predicted octanol–water partition coefficient (Wildman–Crippen LogP) is 2.63. The van der Waals surface area contributed by atoms with Crippen molar-refractivity contribution < 1.29 is 19.1 Å². The lowest BCUT2D eigenvalue weighted by molar-refractivity contribution is -0.150. The molecule has 3 aliphatic rings. The second kappa shape index (κ2) is 7.30. The van der Waals surface area contributed by atoms with Crippen molar-refractivity contribution in [2.45, 2.75) is 45.6 Å². The van der Waals surface area contributed by atoms with Gasteiger partial charge in [0.25, 0.3) is 0 Å². The van der Waals surface area contributed by atoms with Crippen LogP contribution in [0.5, 0.6) is 11.5 Å². The van der Waals surface area contributed by atoms with Gasteiger partial charge in [-0.15, -0.1) is 0 Å². The highest BCUT2D eigenvalue weighted by molar-refractivity contribution is 6.08. The second-order valence-corrected chi connectivity index (χ2v) is 8.51. The first-order chi connectivity index (χ1) is 13.5. The lowest BCUT2D eigenvalue weighted by atomic mass is 9.94. The standard InChI is InChI=1S/C22H30N2O4/c1-15-4-9-23(10-5-15)20(25)22(7-8-22)21(26)24-11-6-16-12-18(27-2)19(28-3)13-17(16)14-24/h12-13,15H,4-11,14H2,1-3H3. The summed E-state index contributed by atoms with van der Waals surface area (Å²) in [5.41, 5.74) is 1.46. The molecular formula is C22H30N2O4. The molecule has 2 fully saturated rings. The minimum absolute atomic E-state index is 0.0107. The number of amides is 2. The number of nitrogens with zero attached hydrogens (tertiary/aromatic N) is 2. The zero-order valence-corrected chi connectivity index (χ0v) is 17.1. The fourth-order valence-corrected chi connectivity index (χ4v) is 4.52. The third-order valence-electron chi connectivity index (χ3n) is 6.64. The first kappa shape index (κ1) is 19.1. The molecule has 6 heteroatoms. The van der Waals surface area contributed by atoms with Crippen LogP contribution in [0.1, 0.15) is 43.7 Å². The van der Waals surface area contributed by atoms with Crippen LogP contribution in [-0.4, -0.2) is 55.5 Å². The maximum Gasteiger partial charge on any atom is 0.238 e. The molecule has 0 atom stereocenters. The number of rotatable bonds is 4. The minimum Gasteiger partial charge on any atom is -0.493 e. The van der Waals surface area contributed by atoms with Gasteiger partial charge in [0.05, 0.1) is 14.2 Å². The largest absolute Gasteiger partial charge is 0.493 e. The Balaban J connectivity index is 1.49. The van der Waals surface area contributed by atoms with Crippen molar-refractivity contribution in [1.82, 2.24) is 9.80 Å². The molecule has 152 valence electrons. The molecule has 1 saturated carbocycles. The molecule has 0 N–H and O–H groups in total. The minimum atomic E-state index is -0.797. The number of hydrogen-bond acceptors (Lipinski definition) is 4. The van der Waals surface area contributed by atoms with E-state index in [9.17, 15) is 9.59 Å². The zero-order valence-electron chi connectivity index (χ0n) is 17.1. The van der Waals surface area contributed by atoms with Gasteiger partial charge in [0.1, 0.15) is 5.41 Å². The molecule has 1 aliphatic carbocycles. The molecule has 1 aromatic rings. The van der Waals surface area contributed by atoms with Crippen molar-refractivity contribution in [2.24, 2.45) is 11.3 Å². The van der Waals surface area contributed by atoms with Crippen LogP contribution in [-0.2, 0) is 22.6 Å². The Kier molecular flexibility index (Phi) is 4.98. The molecule has 1 saturated heterocycles. The van der Waals surface area contributed by atoms with Crippen LogP contribution >= 0.6 is 0 Å². The van der Waals surface area contributed by atoms with Gasteiger partial charge in [0.15, 0.2) is 11.5 Å². The smallest absolute Gasteiger partial charge is 0.238 e. The Morgan fingerprint density at radius 1 is 0.929 bits per heavy atom. The monoisotopic (exact) mass is 386 g/mol. The summed E-state index contributed by atoms with van der Waals surface area (Å²) >= 11 is 0. The topological polar surface area (TPSA) is 59.1 Å². The number of fused-ring (bicyclic) bond motifs is 1. The van der Waals surface area contributed by atoms with Gasteiger partial charge in [-0.1, -0.05) is 6.92 Å². The molecule has 4 rings (SSSR count). The average Bonchev–Trinajstić information content (AvgIpc) is 3.53. The molecule has 28 heavy (non-hydrogen) atoms. The van der Waals surface area contributed by atoms with Crippen molar-refractivity contribution >= 4 is 11.8 Å². The maximum absolute atomic E-state index is 13.3. The van der Waals surface area contributed by atoms with Crippen LogP contribution in [0.4, 0.5) is 0 Å². The maximum atomic E-state index is 13.3. The highest BCUT2D eigenvalue weighted by atomic mass is 16.5. The van der Waals surface area contributed by atoms with Crippen LogP contribution in [0.15, 0.2) is 12.1 Å². The summed E-state index contributed by atoms with van der Waals surface area (Å²) in [5, 5.41) is 0. The van der Waals surface area contributed by atoms with Gasteiger partial charge in [-0.2, -0.15) is 0 Å². The number of methoxy groups -OCH3 is 2. The number of ether oxygens (including phenoxy) is 2. The van der Waals surface area contributed by atoms with Crippen LogP contribution in [0.3, 0.4) is 0 Å². The van der Waals surface area contributed by atoms with Gasteiger partial charge < -0.3 is 19.3 Å². The highest BCUT2D eigenvalue weighted by Crippen LogP contribution is 2.50. The fraction of sp³-hybridized carbons (Fsp3) is 0.636. The average molecular weight is 386 g/mol. The molecule has 0 radical (unpaired) electrons. The van der Waals surface area contributed by atoms with E-state index in [1.54, 1.807) is 14.2 Å². The van der Waals surface area contributed by atoms with Crippen molar-refractivity contribution in [3.8, 4) is 11.5 Å². The quantitative estimate of drug-likeness (QED) is 0.747. The molecule has 2 heterocycles. The van der Waals surface area contributed by atoms with E-state index in [-0.39, 0.29) is 11.8 Å². The Labute approximate surface area is 166 Å². The Bertz CT molecular complexity index is 779. The van der Waals surface area contributed by atoms with Gasteiger partial charge in [-0.3, -0.25) is 9.59 Å². The van der Waals surface area contributed by atoms with E-state index in [0.717, 1.165) is 37.9 Å². The van der Waals surface area contributed by atoms with E-state index in [2.05, 4.69) is 6.92 Å². The molecule has 0 unspecified atom stereocenters. The van der Waals surface area contributed by atoms with Gasteiger partial charge in [-0.05, 0) is 61.3 Å². The van der Waals surface area contributed by atoms with Crippen LogP contribution in [0.2, 0.25) is 0 Å². The first-order valence-corrected chi connectivity index (χ1v) is 10.3. The molecule has 2 aliphatic heterocycles. The Morgan fingerprint density at radius 2 is 1.50 bits per heavy atom. The summed E-state index contributed by atoms with van der Waals surface area (Å²) < 4.78 is 10.8. The van der Waals surface area contributed by atoms with Crippen molar-refractivity contribution in [3.63, 3.8) is 0 Å². The summed E-state index contributed by atoms with van der Waals surface area (Å²) in [6.45, 7) is 4.98. The van der Waals surface area contributed by atoms with Crippen LogP contribution < -0.4 is 9.47 Å². The second-order valence-electron chi connectivity index (χ2n) is 8.51. The van der Waals surface area contributed by atoms with Crippen LogP contribution in [0.25, 0.3) is 0 Å². The van der Waals surface area contributed by atoms with Crippen LogP contribution in [0, 0.1) is 11.3 Å². The number of hydrogen-bond donors (Lipinski definition) is 0. The first-order valence-electron chi connectivity index (χ1n) is 10.3. The van der Waals surface area contributed by atoms with Gasteiger partial charge in [0, 0.05) is 26.2 Å². The summed E-state index contributed by atoms with van der Waals surface area (Å²) in [6.07, 6.45) is 4.22. The molecule has 0 aromatic heterocycles. The number of likely N-dealkylation sites (tertiary alicyclic amines) is 1. The van der Waals surface area contributed by atoms with E-state index < -0.39 is 5.41 Å². The third kappa shape index (κ3) is 3.23. The SMILES string of the molecule is COc1cc2c(cc1OC)CN(C(=O)C1(C(=O)N3CCC(C)CC3)CC1)CC2. The number of benzene rings is 1. The molecule has 1 aromatic carbocycles. The number of carbonyl (C=O) groups excluding carboxylic acids is 2. The van der Waals surface area contributed by atoms with Crippen molar-refractivity contribution in [1.29, 1.82) is 0 Å². The Morgan fingerprint density at radius 3 is 2.07 bits per heavy atom. The van der Waals surface area contributed by atoms with Gasteiger partial charge >= 0.3 is 0 Å². The Hall–Kier alpha value is -2.24. The summed E-state index contributed by atoms with van der Waals surface area (Å²) in [7, 11) is 3.25. The zero-order chi connectivity index (χ0) is 19.9. The third-order valence-corrected chi connectivity index (χ3v) is 6.64. The fourth-order valence-electron chi connectivity index (χ4n) is 4.52. The highest BCUT2D eigenvalue weighted by Gasteiger charge is 2.59. The van der Waals surface area contributed by atoms with E-state index >= 15 is 0 Å². The summed E-state index contributed by atoms with van der Waals surface area (Å²) in [5.74, 6) is 2.13. The molecule has 6 nitrogen and oxygen atoms in total. The van der Waals surface area contributed by atoms with Crippen molar-refractivity contribution in [2.75, 3.05) is 33.9 Å². The van der Waals surface area contributed by atoms with Gasteiger partial charge in [-0.25, -0.2) is 0 Å². The predicted molar refractivity (Wildman–Crippen MR) is 105 cm³/mol. The number of carbonyl (C=O) groups is 2. The van der Waals surface area contributed by atoms with E-state index in [0.29, 0.717) is 43.3 Å². The van der Waals surface area contributed by atoms with Crippen molar-refractivity contribution in [3.05, 3.63) is 23.3 Å². The van der Waals surface area contributed by atoms with Gasteiger partial charge in [0.2, 0.25) is 11.8 Å². The molecule has 0 spiro atoms. The molecule has 0 bridgehead atoms. The normalized spacial score (nSPS) is 21.1. The van der Waals surface area contributed by atoms with E-state index in [1.807, 2.05) is 21.9 Å². The van der Waals surface area contributed by atoms with E-state index in [4.69, 9.17) is 9.47 Å². The lowest BCUT2D eigenvalue weighted by Gasteiger charge is -2.36. The lowest BCUT2D eigenvalue weighted by Crippen LogP contribution is -2.49. The summed E-state index contributed by atoms with van der Waals surface area (Å²) in [6, 6.07) is 3.96. The number of piperidine rings is 1. The molecular weight excluding hydrogens is 356 g/mol. The summed E-state index contributed by atoms with van der Waals surface area (Å²) in [4.78, 5) is 30.3. The van der Waals surface area contributed by atoms with E-state index in [1.165, 1.54) is 5.56 Å². The molecule has 2 amide bonds.